The number of nitrogens with zero attached hydrogens (tertiary/aromatic N) is 1. The van der Waals surface area contributed by atoms with Crippen LogP contribution in [0.15, 0.2) is 29.2 Å². The van der Waals surface area contributed by atoms with Gasteiger partial charge in [-0.3, -0.25) is 0 Å². The van der Waals surface area contributed by atoms with Gasteiger partial charge >= 0.3 is 0 Å². The number of alkyl halides is 2. The van der Waals surface area contributed by atoms with E-state index >= 15 is 0 Å². The molecule has 6 heteroatoms. The first-order chi connectivity index (χ1) is 8.93. The van der Waals surface area contributed by atoms with Gasteiger partial charge in [0, 0.05) is 6.54 Å². The Labute approximate surface area is 112 Å². The molecule has 0 amide bonds. The van der Waals surface area contributed by atoms with Gasteiger partial charge in [-0.15, -0.1) is 0 Å². The summed E-state index contributed by atoms with van der Waals surface area (Å²) >= 11 is 0. The van der Waals surface area contributed by atoms with Crippen LogP contribution in [0, 0.1) is 6.92 Å². The van der Waals surface area contributed by atoms with Crippen LogP contribution in [-0.4, -0.2) is 31.7 Å². The van der Waals surface area contributed by atoms with Gasteiger partial charge in [0.1, 0.15) is 0 Å². The average Bonchev–Trinajstić information content (AvgIpc) is 2.39. The minimum atomic E-state index is -3.82. The van der Waals surface area contributed by atoms with Gasteiger partial charge in [0.15, 0.2) is 0 Å². The van der Waals surface area contributed by atoms with Crippen LogP contribution in [0.25, 0.3) is 0 Å². The second-order valence-electron chi connectivity index (χ2n) is 4.83. The highest BCUT2D eigenvalue weighted by molar-refractivity contribution is 7.89. The van der Waals surface area contributed by atoms with E-state index in [2.05, 4.69) is 0 Å². The van der Waals surface area contributed by atoms with Crippen LogP contribution in [0.5, 0.6) is 0 Å². The molecular weight excluding hydrogens is 272 g/mol. The molecule has 1 aliphatic heterocycles. The lowest BCUT2D eigenvalue weighted by molar-refractivity contribution is 0.0441. The first-order valence-corrected chi connectivity index (χ1v) is 7.73. The summed E-state index contributed by atoms with van der Waals surface area (Å²) in [6.45, 7) is 2.02. The van der Waals surface area contributed by atoms with Crippen molar-refractivity contribution in [2.75, 3.05) is 6.54 Å². The van der Waals surface area contributed by atoms with Crippen molar-refractivity contribution in [1.82, 2.24) is 4.31 Å². The Morgan fingerprint density at radius 3 is 2.42 bits per heavy atom. The predicted molar refractivity (Wildman–Crippen MR) is 68.7 cm³/mol. The van der Waals surface area contributed by atoms with Crippen LogP contribution in [0.1, 0.15) is 24.8 Å². The molecule has 0 aliphatic carbocycles. The Bertz CT molecular complexity index is 528. The van der Waals surface area contributed by atoms with Crippen molar-refractivity contribution in [3.05, 3.63) is 29.8 Å². The van der Waals surface area contributed by atoms with Gasteiger partial charge in [-0.25, -0.2) is 17.2 Å². The van der Waals surface area contributed by atoms with Crippen molar-refractivity contribution in [3.63, 3.8) is 0 Å². The lowest BCUT2D eigenvalue weighted by atomic mass is 10.1. The predicted octanol–water partition coefficient (Wildman–Crippen LogP) is 2.80. The van der Waals surface area contributed by atoms with Crippen LogP contribution in [0.3, 0.4) is 0 Å². The van der Waals surface area contributed by atoms with Crippen LogP contribution < -0.4 is 0 Å². The number of rotatable bonds is 3. The zero-order valence-electron chi connectivity index (χ0n) is 10.7. The molecule has 3 nitrogen and oxygen atoms in total. The normalized spacial score (nSPS) is 21.8. The summed E-state index contributed by atoms with van der Waals surface area (Å²) in [7, 11) is -3.82. The summed E-state index contributed by atoms with van der Waals surface area (Å²) in [5, 5.41) is 0. The maximum Gasteiger partial charge on any atom is 0.255 e. The highest BCUT2D eigenvalue weighted by Crippen LogP contribution is 2.28. The van der Waals surface area contributed by atoms with E-state index in [0.29, 0.717) is 12.8 Å². The monoisotopic (exact) mass is 289 g/mol. The van der Waals surface area contributed by atoms with E-state index in [-0.39, 0.29) is 17.9 Å². The highest BCUT2D eigenvalue weighted by atomic mass is 32.2. The number of piperidine rings is 1. The summed E-state index contributed by atoms with van der Waals surface area (Å²) in [6, 6.07) is 5.10. The Hall–Kier alpha value is -1.01. The molecule has 1 unspecified atom stereocenters. The molecule has 1 aliphatic rings. The van der Waals surface area contributed by atoms with E-state index in [1.807, 2.05) is 6.92 Å². The number of sulfonamides is 1. The van der Waals surface area contributed by atoms with Crippen LogP contribution >= 0.6 is 0 Å². The fourth-order valence-corrected chi connectivity index (χ4v) is 4.00. The van der Waals surface area contributed by atoms with Gasteiger partial charge in [-0.1, -0.05) is 24.1 Å². The third kappa shape index (κ3) is 2.95. The Balaban J connectivity index is 2.34. The molecule has 0 saturated carbocycles. The first-order valence-electron chi connectivity index (χ1n) is 6.29. The summed E-state index contributed by atoms with van der Waals surface area (Å²) in [5.41, 5.74) is 0.933. The Morgan fingerprint density at radius 1 is 1.21 bits per heavy atom. The smallest absolute Gasteiger partial charge is 0.209 e. The molecule has 1 aromatic carbocycles. The van der Waals surface area contributed by atoms with E-state index in [9.17, 15) is 17.2 Å². The highest BCUT2D eigenvalue weighted by Gasteiger charge is 2.38. The summed E-state index contributed by atoms with van der Waals surface area (Å²) in [4.78, 5) is 0.0886. The van der Waals surface area contributed by atoms with Crippen molar-refractivity contribution in [1.29, 1.82) is 0 Å². The molecule has 0 N–H and O–H groups in total. The van der Waals surface area contributed by atoms with Crippen molar-refractivity contribution in [2.45, 2.75) is 43.5 Å². The van der Waals surface area contributed by atoms with Crippen LogP contribution in [-0.2, 0) is 10.0 Å². The Morgan fingerprint density at radius 2 is 1.84 bits per heavy atom. The van der Waals surface area contributed by atoms with Crippen LogP contribution in [0.4, 0.5) is 8.78 Å². The maximum atomic E-state index is 13.0. The quantitative estimate of drug-likeness (QED) is 0.858. The number of hydrogen-bond donors (Lipinski definition) is 0. The maximum absolute atomic E-state index is 13.0. The van der Waals surface area contributed by atoms with Crippen molar-refractivity contribution in [3.8, 4) is 0 Å². The molecule has 0 bridgehead atoms. The summed E-state index contributed by atoms with van der Waals surface area (Å²) in [6.07, 6.45) is -1.13. The fraction of sp³-hybridized carbons (Fsp3) is 0.538. The van der Waals surface area contributed by atoms with Crippen LogP contribution in [0.2, 0.25) is 0 Å². The topological polar surface area (TPSA) is 37.4 Å². The third-order valence-electron chi connectivity index (χ3n) is 3.42. The minimum absolute atomic E-state index is 0.0886. The molecule has 1 aromatic rings. The zero-order chi connectivity index (χ0) is 14.0. The van der Waals surface area contributed by atoms with Crippen molar-refractivity contribution < 1.29 is 17.2 Å². The number of hydrogen-bond acceptors (Lipinski definition) is 2. The fourth-order valence-electron chi connectivity index (χ4n) is 2.33. The molecule has 1 atom stereocenters. The molecule has 0 aromatic heterocycles. The van der Waals surface area contributed by atoms with Gasteiger partial charge < -0.3 is 0 Å². The minimum Gasteiger partial charge on any atom is -0.209 e. The number of halogens is 2. The van der Waals surface area contributed by atoms with E-state index in [4.69, 9.17) is 0 Å². The molecule has 19 heavy (non-hydrogen) atoms. The van der Waals surface area contributed by atoms with Gasteiger partial charge in [0.25, 0.3) is 6.43 Å². The Kier molecular flexibility index (Phi) is 4.20. The number of benzene rings is 1. The second-order valence-corrected chi connectivity index (χ2v) is 6.72. The molecule has 1 heterocycles. The molecule has 106 valence electrons. The van der Waals surface area contributed by atoms with Gasteiger partial charge in [-0.05, 0) is 31.9 Å². The average molecular weight is 289 g/mol. The van der Waals surface area contributed by atoms with E-state index in [1.54, 1.807) is 12.1 Å². The molecule has 0 radical (unpaired) electrons. The lowest BCUT2D eigenvalue weighted by Gasteiger charge is -2.34. The van der Waals surface area contributed by atoms with Crippen molar-refractivity contribution in [2.24, 2.45) is 0 Å². The molecule has 0 spiro atoms. The zero-order valence-corrected chi connectivity index (χ0v) is 11.5. The lowest BCUT2D eigenvalue weighted by Crippen LogP contribution is -2.47. The SMILES string of the molecule is Cc1ccc(S(=O)(=O)N2CCCCC2C(F)F)cc1. The van der Waals surface area contributed by atoms with Crippen molar-refractivity contribution >= 4 is 10.0 Å². The van der Waals surface area contributed by atoms with E-state index in [1.165, 1.54) is 12.1 Å². The van der Waals surface area contributed by atoms with Gasteiger partial charge in [-0.2, -0.15) is 4.31 Å². The van der Waals surface area contributed by atoms with E-state index in [0.717, 1.165) is 9.87 Å². The first kappa shape index (κ1) is 14.4. The number of aryl methyl sites for hydroxylation is 1. The summed E-state index contributed by atoms with van der Waals surface area (Å²) in [5.74, 6) is 0. The largest absolute Gasteiger partial charge is 0.255 e. The third-order valence-corrected chi connectivity index (χ3v) is 5.36. The van der Waals surface area contributed by atoms with E-state index < -0.39 is 22.5 Å². The van der Waals surface area contributed by atoms with Gasteiger partial charge in [0.2, 0.25) is 10.0 Å². The standard InChI is InChI=1S/C13H17F2NO2S/c1-10-5-7-11(8-6-10)19(17,18)16-9-3-2-4-12(16)13(14)15/h5-8,12-13H,2-4,9H2,1H3. The molecule has 1 fully saturated rings. The molecule has 2 rings (SSSR count). The molecule has 1 saturated heterocycles. The second kappa shape index (κ2) is 5.54. The van der Waals surface area contributed by atoms with Gasteiger partial charge in [0.05, 0.1) is 10.9 Å². The molecular formula is C13H17F2NO2S. The summed E-state index contributed by atoms with van der Waals surface area (Å²) < 4.78 is 51.7.